The van der Waals surface area contributed by atoms with Crippen molar-refractivity contribution >= 4 is 23.5 Å². The third kappa shape index (κ3) is 4.10. The first kappa shape index (κ1) is 21.9. The summed E-state index contributed by atoms with van der Waals surface area (Å²) in [6.45, 7) is 6.46. The molecule has 8 heteroatoms. The van der Waals surface area contributed by atoms with E-state index in [1.165, 1.54) is 4.90 Å². The van der Waals surface area contributed by atoms with Crippen molar-refractivity contribution < 1.29 is 19.8 Å². The number of anilines is 2. The highest BCUT2D eigenvalue weighted by atomic mass is 16.4. The fraction of sp³-hybridized carbons (Fsp3) is 0.696. The molecule has 4 rings (SSSR count). The number of carboxylic acid groups (broad SMARTS) is 1. The van der Waals surface area contributed by atoms with Crippen LogP contribution in [0.3, 0.4) is 0 Å². The molecule has 2 N–H and O–H groups in total. The van der Waals surface area contributed by atoms with Crippen LogP contribution in [0.15, 0.2) is 12.3 Å². The van der Waals surface area contributed by atoms with E-state index in [2.05, 4.69) is 14.8 Å². The van der Waals surface area contributed by atoms with E-state index < -0.39 is 6.09 Å². The quantitative estimate of drug-likeness (QED) is 0.762. The van der Waals surface area contributed by atoms with Gasteiger partial charge in [0.1, 0.15) is 5.82 Å². The van der Waals surface area contributed by atoms with Crippen molar-refractivity contribution in [2.75, 3.05) is 36.0 Å². The lowest BCUT2D eigenvalue weighted by Gasteiger charge is -2.41. The second kappa shape index (κ2) is 8.65. The summed E-state index contributed by atoms with van der Waals surface area (Å²) in [5.41, 5.74) is 1.15. The second-order valence-corrected chi connectivity index (χ2v) is 9.38. The van der Waals surface area contributed by atoms with Gasteiger partial charge in [-0.2, -0.15) is 0 Å². The minimum atomic E-state index is -0.986. The summed E-state index contributed by atoms with van der Waals surface area (Å²) in [4.78, 5) is 35.2. The molecule has 3 aliphatic rings. The minimum absolute atomic E-state index is 0.213. The number of aliphatic hydroxyl groups is 1. The number of piperidine rings is 1. The van der Waals surface area contributed by atoms with Crippen molar-refractivity contribution in [2.45, 2.75) is 70.9 Å². The minimum Gasteiger partial charge on any atom is -0.465 e. The number of aryl methyl sites for hydroxylation is 1. The normalized spacial score (nSPS) is 28.9. The number of aromatic nitrogens is 1. The van der Waals surface area contributed by atoms with Gasteiger partial charge in [0.2, 0.25) is 5.91 Å². The van der Waals surface area contributed by atoms with E-state index in [1.807, 2.05) is 13.0 Å². The van der Waals surface area contributed by atoms with Crippen molar-refractivity contribution in [3.05, 3.63) is 17.8 Å². The number of carbonyl (C=O) groups excluding carboxylic acids is 1. The average Bonchev–Trinajstić information content (AvgIpc) is 3.04. The average molecular weight is 431 g/mol. The Morgan fingerprint density at radius 1 is 1.26 bits per heavy atom. The molecule has 1 aromatic heterocycles. The Labute approximate surface area is 183 Å². The highest BCUT2D eigenvalue weighted by Crippen LogP contribution is 2.43. The number of carbonyl (C=O) groups is 2. The van der Waals surface area contributed by atoms with Crippen LogP contribution in [-0.2, 0) is 4.79 Å². The molecule has 2 aliphatic heterocycles. The van der Waals surface area contributed by atoms with E-state index in [0.29, 0.717) is 18.8 Å². The van der Waals surface area contributed by atoms with Crippen molar-refractivity contribution in [3.8, 4) is 0 Å². The lowest BCUT2D eigenvalue weighted by molar-refractivity contribution is -0.139. The Hall–Kier alpha value is -2.35. The van der Waals surface area contributed by atoms with Crippen LogP contribution in [0.25, 0.3) is 0 Å². The van der Waals surface area contributed by atoms with Crippen LogP contribution in [0, 0.1) is 12.3 Å². The molecule has 3 heterocycles. The van der Waals surface area contributed by atoms with Gasteiger partial charge in [0.25, 0.3) is 0 Å². The monoisotopic (exact) mass is 430 g/mol. The van der Waals surface area contributed by atoms with Crippen LogP contribution in [-0.4, -0.2) is 70.4 Å². The molecular weight excluding hydrogens is 396 g/mol. The van der Waals surface area contributed by atoms with Crippen molar-refractivity contribution in [3.63, 3.8) is 0 Å². The molecule has 170 valence electrons. The van der Waals surface area contributed by atoms with Crippen LogP contribution in [0.2, 0.25) is 0 Å². The van der Waals surface area contributed by atoms with E-state index in [0.717, 1.165) is 69.4 Å². The number of nitrogens with zero attached hydrogens (tertiary/aromatic N) is 4. The number of hydrogen-bond acceptors (Lipinski definition) is 5. The molecule has 0 aromatic carbocycles. The lowest BCUT2D eigenvalue weighted by atomic mass is 9.78. The smallest absolute Gasteiger partial charge is 0.411 e. The van der Waals surface area contributed by atoms with Crippen LogP contribution >= 0.6 is 0 Å². The molecule has 2 saturated heterocycles. The van der Waals surface area contributed by atoms with Crippen LogP contribution in [0.1, 0.15) is 57.4 Å². The topological polar surface area (TPSA) is 97.2 Å². The number of amides is 2. The number of rotatable bonds is 4. The summed E-state index contributed by atoms with van der Waals surface area (Å²) in [7, 11) is 0. The molecule has 1 atom stereocenters. The first-order valence-electron chi connectivity index (χ1n) is 11.6. The Bertz CT molecular complexity index is 839. The number of aliphatic hydroxyl groups excluding tert-OH is 1. The summed E-state index contributed by atoms with van der Waals surface area (Å²) in [5.74, 6) is 1.12. The van der Waals surface area contributed by atoms with Crippen molar-refractivity contribution in [2.24, 2.45) is 5.41 Å². The zero-order valence-corrected chi connectivity index (χ0v) is 18.6. The summed E-state index contributed by atoms with van der Waals surface area (Å²) >= 11 is 0. The molecular formula is C23H34N4O4. The molecule has 0 bridgehead atoms. The van der Waals surface area contributed by atoms with Gasteiger partial charge in [0.05, 0.1) is 23.4 Å². The zero-order valence-electron chi connectivity index (χ0n) is 18.6. The van der Waals surface area contributed by atoms with Gasteiger partial charge in [0, 0.05) is 32.2 Å². The van der Waals surface area contributed by atoms with E-state index in [1.54, 1.807) is 13.1 Å². The highest BCUT2D eigenvalue weighted by molar-refractivity contribution is 5.87. The maximum absolute atomic E-state index is 13.5. The number of pyridine rings is 1. The van der Waals surface area contributed by atoms with E-state index in [9.17, 15) is 19.8 Å². The lowest BCUT2D eigenvalue weighted by Crippen LogP contribution is -2.50. The van der Waals surface area contributed by atoms with Crippen LogP contribution < -0.4 is 9.80 Å². The third-order valence-corrected chi connectivity index (χ3v) is 7.42. The van der Waals surface area contributed by atoms with Gasteiger partial charge in [-0.05, 0) is 70.4 Å². The maximum Gasteiger partial charge on any atom is 0.411 e. The standard InChI is InChI=1S/C23H34N4O4/c1-3-26(22(30)31)18-13-16(2)20(24-14-18)25-11-4-9-23(15-25)10-12-27(21(23)29)17-5-7-19(28)8-6-17/h13-14,17,19,28H,3-12,15H2,1-2H3,(H,30,31)/t17-,19+,23?. The third-order valence-electron chi connectivity index (χ3n) is 7.42. The van der Waals surface area contributed by atoms with Gasteiger partial charge < -0.3 is 20.0 Å². The maximum atomic E-state index is 13.5. The molecule has 1 spiro atoms. The van der Waals surface area contributed by atoms with Crippen LogP contribution in [0.5, 0.6) is 0 Å². The SMILES string of the molecule is CCN(C(=O)O)c1cnc(N2CCCC3(CCN([C@H]4CC[C@@H](O)CC4)C3=O)C2)c(C)c1. The summed E-state index contributed by atoms with van der Waals surface area (Å²) in [6.07, 6.45) is 6.52. The highest BCUT2D eigenvalue weighted by Gasteiger charge is 2.50. The van der Waals surface area contributed by atoms with Gasteiger partial charge in [-0.15, -0.1) is 0 Å². The van der Waals surface area contributed by atoms with E-state index in [4.69, 9.17) is 0 Å². The van der Waals surface area contributed by atoms with E-state index >= 15 is 0 Å². The Morgan fingerprint density at radius 2 is 2.00 bits per heavy atom. The fourth-order valence-corrected chi connectivity index (χ4v) is 5.72. The molecule has 1 unspecified atom stereocenters. The molecule has 2 amide bonds. The Morgan fingerprint density at radius 3 is 2.65 bits per heavy atom. The van der Waals surface area contributed by atoms with Gasteiger partial charge in [0.15, 0.2) is 0 Å². The molecule has 3 fully saturated rings. The molecule has 1 saturated carbocycles. The molecule has 1 aromatic rings. The summed E-state index contributed by atoms with van der Waals surface area (Å²) in [6, 6.07) is 2.14. The number of hydrogen-bond donors (Lipinski definition) is 2. The Balaban J connectivity index is 1.50. The first-order valence-corrected chi connectivity index (χ1v) is 11.6. The van der Waals surface area contributed by atoms with Crippen molar-refractivity contribution in [1.82, 2.24) is 9.88 Å². The van der Waals surface area contributed by atoms with Crippen molar-refractivity contribution in [1.29, 1.82) is 0 Å². The second-order valence-electron chi connectivity index (χ2n) is 9.38. The van der Waals surface area contributed by atoms with Gasteiger partial charge in [-0.3, -0.25) is 9.69 Å². The van der Waals surface area contributed by atoms with Gasteiger partial charge in [-0.25, -0.2) is 9.78 Å². The predicted molar refractivity (Wildman–Crippen MR) is 118 cm³/mol. The largest absolute Gasteiger partial charge is 0.465 e. The van der Waals surface area contributed by atoms with E-state index in [-0.39, 0.29) is 23.5 Å². The molecule has 8 nitrogen and oxygen atoms in total. The van der Waals surface area contributed by atoms with Crippen LogP contribution in [0.4, 0.5) is 16.3 Å². The number of likely N-dealkylation sites (tertiary alicyclic amines) is 1. The van der Waals surface area contributed by atoms with Gasteiger partial charge >= 0.3 is 6.09 Å². The zero-order chi connectivity index (χ0) is 22.2. The summed E-state index contributed by atoms with van der Waals surface area (Å²) < 4.78 is 0. The fourth-order valence-electron chi connectivity index (χ4n) is 5.72. The Kier molecular flexibility index (Phi) is 6.10. The van der Waals surface area contributed by atoms with Gasteiger partial charge in [-0.1, -0.05) is 0 Å². The molecule has 1 aliphatic carbocycles. The predicted octanol–water partition coefficient (Wildman–Crippen LogP) is 3.02. The molecule has 0 radical (unpaired) electrons. The molecule has 31 heavy (non-hydrogen) atoms. The first-order chi connectivity index (χ1) is 14.8. The summed E-state index contributed by atoms with van der Waals surface area (Å²) in [5, 5.41) is 19.2.